The highest BCUT2D eigenvalue weighted by atomic mass is 32.1. The fourth-order valence-electron chi connectivity index (χ4n) is 2.58. The third-order valence-corrected chi connectivity index (χ3v) is 4.87. The molecule has 3 rings (SSSR count). The molecule has 0 fully saturated rings. The number of aromatic nitrogens is 1. The molecule has 1 aromatic heterocycles. The van der Waals surface area contributed by atoms with Crippen LogP contribution in [0.1, 0.15) is 16.1 Å². The van der Waals surface area contributed by atoms with Crippen LogP contribution in [0.3, 0.4) is 0 Å². The summed E-state index contributed by atoms with van der Waals surface area (Å²) in [5.41, 5.74) is 2.13. The number of esters is 1. The summed E-state index contributed by atoms with van der Waals surface area (Å²) in [6.07, 6.45) is 0.621. The molecular formula is C21H20N2O4S. The maximum atomic E-state index is 12.1. The lowest BCUT2D eigenvalue weighted by atomic mass is 10.1. The largest absolute Gasteiger partial charge is 0.496 e. The molecule has 0 aliphatic carbocycles. The number of amides is 1. The second-order valence-electron chi connectivity index (χ2n) is 5.89. The van der Waals surface area contributed by atoms with Gasteiger partial charge in [0, 0.05) is 17.5 Å². The summed E-state index contributed by atoms with van der Waals surface area (Å²) >= 11 is 1.36. The van der Waals surface area contributed by atoms with Crippen LogP contribution < -0.4 is 10.1 Å². The number of hydrogen-bond acceptors (Lipinski definition) is 6. The average molecular weight is 396 g/mol. The van der Waals surface area contributed by atoms with Crippen LogP contribution in [0.2, 0.25) is 0 Å². The number of nitrogens with one attached hydrogen (secondary N) is 1. The third kappa shape index (κ3) is 5.17. The van der Waals surface area contributed by atoms with Crippen LogP contribution in [0, 0.1) is 0 Å². The summed E-state index contributed by atoms with van der Waals surface area (Å²) in [4.78, 5) is 28.3. The van der Waals surface area contributed by atoms with Crippen LogP contribution in [-0.4, -0.2) is 37.1 Å². The lowest BCUT2D eigenvalue weighted by Gasteiger charge is -2.09. The Bertz CT molecular complexity index is 940. The SMILES string of the molecule is COc1ccccc1CCNC(=O)COC(=O)c1csc(-c2ccccc2)n1. The van der Waals surface area contributed by atoms with Gasteiger partial charge in [0.15, 0.2) is 12.3 Å². The van der Waals surface area contributed by atoms with Gasteiger partial charge in [-0.25, -0.2) is 9.78 Å². The Balaban J connectivity index is 1.44. The average Bonchev–Trinajstić information content (AvgIpc) is 3.23. The topological polar surface area (TPSA) is 77.5 Å². The first-order valence-corrected chi connectivity index (χ1v) is 9.62. The van der Waals surface area contributed by atoms with E-state index in [9.17, 15) is 9.59 Å². The number of ether oxygens (including phenoxy) is 2. The van der Waals surface area contributed by atoms with Gasteiger partial charge in [-0.2, -0.15) is 0 Å². The number of methoxy groups -OCH3 is 1. The highest BCUT2D eigenvalue weighted by Gasteiger charge is 2.15. The predicted molar refractivity (Wildman–Crippen MR) is 108 cm³/mol. The number of para-hydroxylation sites is 1. The Labute approximate surface area is 167 Å². The van der Waals surface area contributed by atoms with Crippen molar-refractivity contribution in [3.8, 4) is 16.3 Å². The van der Waals surface area contributed by atoms with E-state index in [-0.39, 0.29) is 18.2 Å². The molecule has 0 aliphatic rings. The number of carbonyl (C=O) groups is 2. The van der Waals surface area contributed by atoms with Crippen molar-refractivity contribution in [1.29, 1.82) is 0 Å². The number of thiazole rings is 1. The molecule has 28 heavy (non-hydrogen) atoms. The second kappa shape index (κ2) is 9.66. The van der Waals surface area contributed by atoms with E-state index >= 15 is 0 Å². The molecule has 0 bridgehead atoms. The van der Waals surface area contributed by atoms with Crippen LogP contribution in [0.4, 0.5) is 0 Å². The predicted octanol–water partition coefficient (Wildman–Crippen LogP) is 3.33. The summed E-state index contributed by atoms with van der Waals surface area (Å²) in [5, 5.41) is 5.09. The van der Waals surface area contributed by atoms with Gasteiger partial charge >= 0.3 is 5.97 Å². The molecule has 0 saturated carbocycles. The molecule has 1 heterocycles. The zero-order chi connectivity index (χ0) is 19.8. The number of nitrogens with zero attached hydrogens (tertiary/aromatic N) is 1. The van der Waals surface area contributed by atoms with Crippen LogP contribution >= 0.6 is 11.3 Å². The molecule has 0 atom stereocenters. The summed E-state index contributed by atoms with van der Waals surface area (Å²) in [5.74, 6) is -0.194. The minimum Gasteiger partial charge on any atom is -0.496 e. The van der Waals surface area contributed by atoms with Crippen molar-refractivity contribution in [2.45, 2.75) is 6.42 Å². The first-order chi connectivity index (χ1) is 13.7. The molecule has 1 N–H and O–H groups in total. The monoisotopic (exact) mass is 396 g/mol. The quantitative estimate of drug-likeness (QED) is 0.591. The molecule has 0 spiro atoms. The Morgan fingerprint density at radius 3 is 2.61 bits per heavy atom. The van der Waals surface area contributed by atoms with Gasteiger partial charge in [0.2, 0.25) is 0 Å². The van der Waals surface area contributed by atoms with Crippen LogP contribution in [0.5, 0.6) is 5.75 Å². The number of carbonyl (C=O) groups excluding carboxylic acids is 2. The summed E-state index contributed by atoms with van der Waals surface area (Å²) in [6.45, 7) is 0.0779. The molecule has 0 saturated heterocycles. The second-order valence-corrected chi connectivity index (χ2v) is 6.75. The van der Waals surface area contributed by atoms with E-state index in [1.54, 1.807) is 12.5 Å². The van der Waals surface area contributed by atoms with Crippen LogP contribution in [-0.2, 0) is 16.0 Å². The zero-order valence-electron chi connectivity index (χ0n) is 15.4. The van der Waals surface area contributed by atoms with Gasteiger partial charge in [0.25, 0.3) is 5.91 Å². The lowest BCUT2D eigenvalue weighted by molar-refractivity contribution is -0.124. The van der Waals surface area contributed by atoms with Gasteiger partial charge in [-0.3, -0.25) is 4.79 Å². The first-order valence-electron chi connectivity index (χ1n) is 8.74. The molecule has 144 valence electrons. The molecular weight excluding hydrogens is 376 g/mol. The maximum Gasteiger partial charge on any atom is 0.358 e. The van der Waals surface area contributed by atoms with Crippen molar-refractivity contribution in [3.05, 3.63) is 71.2 Å². The van der Waals surface area contributed by atoms with E-state index in [4.69, 9.17) is 9.47 Å². The number of benzene rings is 2. The highest BCUT2D eigenvalue weighted by molar-refractivity contribution is 7.13. The third-order valence-electron chi connectivity index (χ3n) is 3.98. The van der Waals surface area contributed by atoms with Gasteiger partial charge < -0.3 is 14.8 Å². The Morgan fingerprint density at radius 2 is 1.82 bits per heavy atom. The molecule has 3 aromatic rings. The molecule has 1 amide bonds. The van der Waals surface area contributed by atoms with E-state index < -0.39 is 5.97 Å². The van der Waals surface area contributed by atoms with Crippen molar-refractivity contribution in [3.63, 3.8) is 0 Å². The van der Waals surface area contributed by atoms with Gasteiger partial charge in [-0.15, -0.1) is 11.3 Å². The van der Waals surface area contributed by atoms with Gasteiger partial charge in [-0.1, -0.05) is 48.5 Å². The molecule has 0 aliphatic heterocycles. The summed E-state index contributed by atoms with van der Waals surface area (Å²) in [6, 6.07) is 17.2. The summed E-state index contributed by atoms with van der Waals surface area (Å²) < 4.78 is 10.3. The Hall–Kier alpha value is -3.19. The summed E-state index contributed by atoms with van der Waals surface area (Å²) in [7, 11) is 1.61. The van der Waals surface area contributed by atoms with Gasteiger partial charge in [-0.05, 0) is 18.1 Å². The van der Waals surface area contributed by atoms with Crippen molar-refractivity contribution >= 4 is 23.2 Å². The Kier molecular flexibility index (Phi) is 6.75. The van der Waals surface area contributed by atoms with Gasteiger partial charge in [0.05, 0.1) is 7.11 Å². The molecule has 2 aromatic carbocycles. The van der Waals surface area contributed by atoms with Crippen LogP contribution in [0.25, 0.3) is 10.6 Å². The fraction of sp³-hybridized carbons (Fsp3) is 0.190. The lowest BCUT2D eigenvalue weighted by Crippen LogP contribution is -2.30. The standard InChI is InChI=1S/C21H20N2O4S/c1-26-18-10-6-5-7-15(18)11-12-22-19(24)13-27-21(25)17-14-28-20(23-17)16-8-3-2-4-9-16/h2-10,14H,11-13H2,1H3,(H,22,24). The smallest absolute Gasteiger partial charge is 0.358 e. The first kappa shape index (κ1) is 19.6. The maximum absolute atomic E-state index is 12.1. The van der Waals surface area contributed by atoms with E-state index in [1.165, 1.54) is 11.3 Å². The minimum atomic E-state index is -0.613. The van der Waals surface area contributed by atoms with E-state index in [0.29, 0.717) is 13.0 Å². The van der Waals surface area contributed by atoms with Crippen molar-refractivity contribution in [2.75, 3.05) is 20.3 Å². The normalized spacial score (nSPS) is 10.3. The fourth-order valence-corrected chi connectivity index (χ4v) is 3.38. The van der Waals surface area contributed by atoms with E-state index in [0.717, 1.165) is 21.9 Å². The number of hydrogen-bond donors (Lipinski definition) is 1. The van der Waals surface area contributed by atoms with Gasteiger partial charge in [0.1, 0.15) is 10.8 Å². The molecule has 0 radical (unpaired) electrons. The highest BCUT2D eigenvalue weighted by Crippen LogP contribution is 2.23. The van der Waals surface area contributed by atoms with Crippen LogP contribution in [0.15, 0.2) is 60.0 Å². The zero-order valence-corrected chi connectivity index (χ0v) is 16.2. The molecule has 0 unspecified atom stereocenters. The van der Waals surface area contributed by atoms with E-state index in [1.807, 2.05) is 54.6 Å². The van der Waals surface area contributed by atoms with Crippen molar-refractivity contribution in [2.24, 2.45) is 0 Å². The molecule has 6 nitrogen and oxygen atoms in total. The minimum absolute atomic E-state index is 0.200. The van der Waals surface area contributed by atoms with Crippen molar-refractivity contribution in [1.82, 2.24) is 10.3 Å². The molecule has 7 heteroatoms. The van der Waals surface area contributed by atoms with E-state index in [2.05, 4.69) is 10.3 Å². The van der Waals surface area contributed by atoms with Crippen molar-refractivity contribution < 1.29 is 19.1 Å². The Morgan fingerprint density at radius 1 is 1.07 bits per heavy atom. The number of rotatable bonds is 8.